The Morgan fingerprint density at radius 1 is 1.08 bits per heavy atom. The highest BCUT2D eigenvalue weighted by Crippen LogP contribution is 2.29. The fraction of sp³-hybridized carbons (Fsp3) is 0.611. The number of rotatable bonds is 6. The Kier molecular flexibility index (Phi) is 7.37. The molecule has 1 aromatic rings. The molecule has 0 spiro atoms. The average Bonchev–Trinajstić information content (AvgIpc) is 2.67. The Hall–Kier alpha value is -1.54. The molecule has 26 heavy (non-hydrogen) atoms. The lowest BCUT2D eigenvalue weighted by atomic mass is 10.2. The lowest BCUT2D eigenvalue weighted by Crippen LogP contribution is -2.39. The van der Waals surface area contributed by atoms with Crippen molar-refractivity contribution in [3.05, 3.63) is 23.2 Å². The molecule has 1 aromatic carbocycles. The van der Waals surface area contributed by atoms with Crippen LogP contribution in [0.15, 0.2) is 18.2 Å². The van der Waals surface area contributed by atoms with E-state index in [4.69, 9.17) is 21.1 Å². The van der Waals surface area contributed by atoms with Crippen molar-refractivity contribution in [2.45, 2.75) is 6.42 Å². The normalized spacial score (nSPS) is 18.6. The molecule has 2 aliphatic rings. The molecule has 2 amide bonds. The Labute approximate surface area is 159 Å². The van der Waals surface area contributed by atoms with Gasteiger partial charge in [0.15, 0.2) is 0 Å². The molecular formula is C18H27ClN4O3. The summed E-state index contributed by atoms with van der Waals surface area (Å²) in [5.41, 5.74) is 1.70. The summed E-state index contributed by atoms with van der Waals surface area (Å²) in [5, 5.41) is 6.46. The number of carbonyl (C=O) groups is 1. The van der Waals surface area contributed by atoms with Gasteiger partial charge in [0.25, 0.3) is 0 Å². The van der Waals surface area contributed by atoms with E-state index in [1.165, 1.54) is 0 Å². The third-order valence-corrected chi connectivity index (χ3v) is 4.83. The second-order valence-electron chi connectivity index (χ2n) is 6.45. The number of anilines is 2. The average molecular weight is 383 g/mol. The predicted octanol–water partition coefficient (Wildman–Crippen LogP) is 2.02. The quantitative estimate of drug-likeness (QED) is 0.737. The van der Waals surface area contributed by atoms with E-state index in [-0.39, 0.29) is 6.03 Å². The molecule has 2 heterocycles. The molecule has 0 aliphatic carbocycles. The summed E-state index contributed by atoms with van der Waals surface area (Å²) in [5.74, 6) is 0. The number of nitrogens with zero attached hydrogens (tertiary/aromatic N) is 2. The van der Waals surface area contributed by atoms with Crippen molar-refractivity contribution in [3.63, 3.8) is 0 Å². The van der Waals surface area contributed by atoms with E-state index < -0.39 is 0 Å². The van der Waals surface area contributed by atoms with Crippen LogP contribution in [0, 0.1) is 0 Å². The van der Waals surface area contributed by atoms with Crippen LogP contribution in [0.4, 0.5) is 16.2 Å². The molecule has 2 saturated heterocycles. The third-order valence-electron chi connectivity index (χ3n) is 4.60. The van der Waals surface area contributed by atoms with Crippen molar-refractivity contribution >= 4 is 29.0 Å². The number of halogens is 1. The topological polar surface area (TPSA) is 66.1 Å². The van der Waals surface area contributed by atoms with Crippen LogP contribution in [0.1, 0.15) is 6.42 Å². The van der Waals surface area contributed by atoms with Gasteiger partial charge in [-0.15, -0.1) is 0 Å². The number of hydrogen-bond donors (Lipinski definition) is 2. The number of nitrogens with one attached hydrogen (secondary N) is 2. The minimum absolute atomic E-state index is 0.205. The first kappa shape index (κ1) is 19.2. The second-order valence-corrected chi connectivity index (χ2v) is 6.89. The van der Waals surface area contributed by atoms with Crippen LogP contribution in [-0.4, -0.2) is 76.6 Å². The zero-order valence-electron chi connectivity index (χ0n) is 15.0. The van der Waals surface area contributed by atoms with Gasteiger partial charge in [0.2, 0.25) is 0 Å². The molecule has 7 nitrogen and oxygen atoms in total. The SMILES string of the molecule is O=C(NCCCN1CCOCC1)Nc1cc(Cl)ccc1N1CCOCC1. The largest absolute Gasteiger partial charge is 0.379 e. The lowest BCUT2D eigenvalue weighted by molar-refractivity contribution is 0.0375. The summed E-state index contributed by atoms with van der Waals surface area (Å²) >= 11 is 6.12. The van der Waals surface area contributed by atoms with E-state index >= 15 is 0 Å². The molecule has 2 N–H and O–H groups in total. The molecule has 0 saturated carbocycles. The predicted molar refractivity (Wildman–Crippen MR) is 103 cm³/mol. The maximum Gasteiger partial charge on any atom is 0.319 e. The summed E-state index contributed by atoms with van der Waals surface area (Å²) in [6.45, 7) is 8.13. The van der Waals surface area contributed by atoms with Gasteiger partial charge in [-0.1, -0.05) is 11.6 Å². The number of hydrogen-bond acceptors (Lipinski definition) is 5. The van der Waals surface area contributed by atoms with Crippen LogP contribution in [-0.2, 0) is 9.47 Å². The van der Waals surface area contributed by atoms with Crippen molar-refractivity contribution in [2.24, 2.45) is 0 Å². The Balaban J connectivity index is 1.47. The summed E-state index contributed by atoms with van der Waals surface area (Å²) in [6, 6.07) is 5.38. The minimum atomic E-state index is -0.205. The van der Waals surface area contributed by atoms with Crippen LogP contribution >= 0.6 is 11.6 Å². The highest BCUT2D eigenvalue weighted by Gasteiger charge is 2.16. The van der Waals surface area contributed by atoms with Gasteiger partial charge in [-0.25, -0.2) is 4.79 Å². The smallest absolute Gasteiger partial charge is 0.319 e. The molecule has 0 aromatic heterocycles. The van der Waals surface area contributed by atoms with Crippen LogP contribution < -0.4 is 15.5 Å². The fourth-order valence-corrected chi connectivity index (χ4v) is 3.36. The summed E-state index contributed by atoms with van der Waals surface area (Å²) in [4.78, 5) is 16.8. The van der Waals surface area contributed by atoms with Gasteiger partial charge in [-0.05, 0) is 31.2 Å². The molecule has 0 unspecified atom stereocenters. The monoisotopic (exact) mass is 382 g/mol. The number of amides is 2. The molecular weight excluding hydrogens is 356 g/mol. The Morgan fingerprint density at radius 2 is 1.77 bits per heavy atom. The fourth-order valence-electron chi connectivity index (χ4n) is 3.18. The molecule has 3 rings (SSSR count). The standard InChI is InChI=1S/C18H27ClN4O3/c19-15-2-3-17(23-8-12-26-13-9-23)16(14-15)21-18(24)20-4-1-5-22-6-10-25-11-7-22/h2-3,14H,1,4-13H2,(H2,20,21,24). The first-order valence-electron chi connectivity index (χ1n) is 9.19. The first-order chi connectivity index (χ1) is 12.7. The maximum atomic E-state index is 12.3. The van der Waals surface area contributed by atoms with Gasteiger partial charge >= 0.3 is 6.03 Å². The molecule has 144 valence electrons. The van der Waals surface area contributed by atoms with Crippen molar-refractivity contribution in [1.29, 1.82) is 0 Å². The van der Waals surface area contributed by atoms with E-state index in [1.54, 1.807) is 6.07 Å². The van der Waals surface area contributed by atoms with Gasteiger partial charge in [0.1, 0.15) is 0 Å². The summed E-state index contributed by atoms with van der Waals surface area (Å²) < 4.78 is 10.7. The van der Waals surface area contributed by atoms with Gasteiger partial charge < -0.3 is 25.0 Å². The molecule has 0 atom stereocenters. The number of urea groups is 1. The van der Waals surface area contributed by atoms with E-state index in [0.717, 1.165) is 63.7 Å². The lowest BCUT2D eigenvalue weighted by Gasteiger charge is -2.30. The zero-order chi connectivity index (χ0) is 18.2. The van der Waals surface area contributed by atoms with Crippen LogP contribution in [0.25, 0.3) is 0 Å². The van der Waals surface area contributed by atoms with Crippen molar-refractivity contribution in [2.75, 3.05) is 75.9 Å². The van der Waals surface area contributed by atoms with E-state index in [2.05, 4.69) is 20.4 Å². The first-order valence-corrected chi connectivity index (χ1v) is 9.57. The number of morpholine rings is 2. The van der Waals surface area contributed by atoms with Gasteiger partial charge in [0, 0.05) is 37.7 Å². The zero-order valence-corrected chi connectivity index (χ0v) is 15.8. The van der Waals surface area contributed by atoms with Crippen molar-refractivity contribution in [1.82, 2.24) is 10.2 Å². The van der Waals surface area contributed by atoms with Crippen molar-refractivity contribution in [3.8, 4) is 0 Å². The summed E-state index contributed by atoms with van der Waals surface area (Å²) in [6.07, 6.45) is 0.916. The molecule has 0 bridgehead atoms. The van der Waals surface area contributed by atoms with Gasteiger partial charge in [-0.2, -0.15) is 0 Å². The highest BCUT2D eigenvalue weighted by atomic mass is 35.5. The molecule has 0 radical (unpaired) electrons. The highest BCUT2D eigenvalue weighted by molar-refractivity contribution is 6.31. The molecule has 8 heteroatoms. The number of ether oxygens (including phenoxy) is 2. The third kappa shape index (κ3) is 5.74. The summed E-state index contributed by atoms with van der Waals surface area (Å²) in [7, 11) is 0. The molecule has 2 fully saturated rings. The second kappa shape index (κ2) is 9.97. The molecule has 2 aliphatic heterocycles. The Morgan fingerprint density at radius 3 is 2.50 bits per heavy atom. The van der Waals surface area contributed by atoms with Crippen LogP contribution in [0.5, 0.6) is 0 Å². The minimum Gasteiger partial charge on any atom is -0.379 e. The number of benzene rings is 1. The Bertz CT molecular complexity index is 590. The maximum absolute atomic E-state index is 12.3. The van der Waals surface area contributed by atoms with Crippen molar-refractivity contribution < 1.29 is 14.3 Å². The van der Waals surface area contributed by atoms with Crippen LogP contribution in [0.3, 0.4) is 0 Å². The number of carbonyl (C=O) groups excluding carboxylic acids is 1. The van der Waals surface area contributed by atoms with Gasteiger partial charge in [-0.3, -0.25) is 4.90 Å². The van der Waals surface area contributed by atoms with Crippen LogP contribution in [0.2, 0.25) is 5.02 Å². The van der Waals surface area contributed by atoms with E-state index in [1.807, 2.05) is 12.1 Å². The van der Waals surface area contributed by atoms with E-state index in [9.17, 15) is 4.79 Å². The van der Waals surface area contributed by atoms with Gasteiger partial charge in [0.05, 0.1) is 37.8 Å². The van der Waals surface area contributed by atoms with E-state index in [0.29, 0.717) is 24.8 Å².